The lowest BCUT2D eigenvalue weighted by molar-refractivity contribution is -0.135. The zero-order valence-electron chi connectivity index (χ0n) is 17.6. The molecule has 6 nitrogen and oxygen atoms in total. The van der Waals surface area contributed by atoms with Gasteiger partial charge in [-0.1, -0.05) is 29.8 Å². The van der Waals surface area contributed by atoms with Gasteiger partial charge in [0.25, 0.3) is 0 Å². The van der Waals surface area contributed by atoms with Crippen LogP contribution in [0.2, 0.25) is 0 Å². The van der Waals surface area contributed by atoms with Gasteiger partial charge in [0.2, 0.25) is 5.91 Å². The van der Waals surface area contributed by atoms with E-state index in [1.807, 2.05) is 11.8 Å². The minimum absolute atomic E-state index is 0.0435. The van der Waals surface area contributed by atoms with Crippen LogP contribution in [0.25, 0.3) is 0 Å². The van der Waals surface area contributed by atoms with Crippen molar-refractivity contribution in [3.63, 3.8) is 0 Å². The Labute approximate surface area is 172 Å². The van der Waals surface area contributed by atoms with Crippen LogP contribution >= 0.6 is 0 Å². The lowest BCUT2D eigenvalue weighted by Crippen LogP contribution is -2.51. The summed E-state index contributed by atoms with van der Waals surface area (Å²) in [5, 5.41) is 0. The van der Waals surface area contributed by atoms with Gasteiger partial charge in [-0.05, 0) is 32.8 Å². The number of nitrogens with zero attached hydrogens (tertiary/aromatic N) is 4. The number of carbonyl (C=O) groups is 1. The monoisotopic (exact) mass is 394 g/mol. The van der Waals surface area contributed by atoms with Crippen molar-refractivity contribution in [3.8, 4) is 0 Å². The van der Waals surface area contributed by atoms with E-state index in [9.17, 15) is 4.79 Å². The minimum atomic E-state index is 0.0435. The Morgan fingerprint density at radius 1 is 1.14 bits per heavy atom. The molecule has 2 fully saturated rings. The molecule has 1 unspecified atom stereocenters. The molecule has 2 aromatic rings. The first-order chi connectivity index (χ1) is 14.0. The van der Waals surface area contributed by atoms with Crippen molar-refractivity contribution in [2.75, 3.05) is 44.3 Å². The van der Waals surface area contributed by atoms with Gasteiger partial charge in [-0.3, -0.25) is 4.79 Å². The van der Waals surface area contributed by atoms with Crippen LogP contribution in [-0.4, -0.2) is 60.2 Å². The Bertz CT molecular complexity index is 884. The number of rotatable bonds is 4. The fourth-order valence-electron chi connectivity index (χ4n) is 4.34. The molecule has 1 atom stereocenters. The standard InChI is InChI=1S/C23H30N4O2/c1-16-5-4-6-19(13-16)14-21-17(2)24-18(3)25-22(21)26-8-10-27(11-9-26)23(28)20-7-12-29-15-20/h4-6,13,20H,7-12,14-15H2,1-3H3. The number of amides is 1. The number of ether oxygens (including phenoxy) is 1. The number of aryl methyl sites for hydroxylation is 3. The Kier molecular flexibility index (Phi) is 5.81. The van der Waals surface area contributed by atoms with Crippen molar-refractivity contribution in [1.82, 2.24) is 14.9 Å². The number of carbonyl (C=O) groups excluding carboxylic acids is 1. The first-order valence-corrected chi connectivity index (χ1v) is 10.5. The number of anilines is 1. The Balaban J connectivity index is 1.51. The molecule has 4 rings (SSSR count). The van der Waals surface area contributed by atoms with Gasteiger partial charge in [0.15, 0.2) is 0 Å². The topological polar surface area (TPSA) is 58.6 Å². The molecule has 1 amide bonds. The second-order valence-electron chi connectivity index (χ2n) is 8.20. The second-order valence-corrected chi connectivity index (χ2v) is 8.20. The highest BCUT2D eigenvalue weighted by atomic mass is 16.5. The SMILES string of the molecule is Cc1cccc(Cc2c(C)nc(C)nc2N2CCN(C(=O)C3CCOC3)CC2)c1. The first-order valence-electron chi connectivity index (χ1n) is 10.5. The number of hydrogen-bond acceptors (Lipinski definition) is 5. The van der Waals surface area contributed by atoms with Gasteiger partial charge < -0.3 is 14.5 Å². The van der Waals surface area contributed by atoms with Crippen LogP contribution in [0.3, 0.4) is 0 Å². The predicted octanol–water partition coefficient (Wildman–Crippen LogP) is 2.68. The lowest BCUT2D eigenvalue weighted by Gasteiger charge is -2.37. The summed E-state index contributed by atoms with van der Waals surface area (Å²) < 4.78 is 5.39. The van der Waals surface area contributed by atoms with E-state index >= 15 is 0 Å². The fraction of sp³-hybridized carbons (Fsp3) is 0.522. The van der Waals surface area contributed by atoms with E-state index in [1.165, 1.54) is 16.7 Å². The maximum absolute atomic E-state index is 12.7. The normalized spacial score (nSPS) is 19.6. The third-order valence-electron chi connectivity index (χ3n) is 5.94. The molecule has 0 radical (unpaired) electrons. The molecule has 0 aliphatic carbocycles. The van der Waals surface area contributed by atoms with Crippen LogP contribution in [0.4, 0.5) is 5.82 Å². The van der Waals surface area contributed by atoms with Gasteiger partial charge in [-0.25, -0.2) is 9.97 Å². The largest absolute Gasteiger partial charge is 0.381 e. The molecule has 0 saturated carbocycles. The molecular formula is C23H30N4O2. The molecule has 2 aliphatic rings. The van der Waals surface area contributed by atoms with Gasteiger partial charge in [-0.2, -0.15) is 0 Å². The van der Waals surface area contributed by atoms with Crippen molar-refractivity contribution in [1.29, 1.82) is 0 Å². The Morgan fingerprint density at radius 3 is 2.62 bits per heavy atom. The first kappa shape index (κ1) is 19.8. The van der Waals surface area contributed by atoms with Crippen LogP contribution in [0, 0.1) is 26.7 Å². The average Bonchev–Trinajstić information content (AvgIpc) is 3.24. The van der Waals surface area contributed by atoms with Crippen LogP contribution in [-0.2, 0) is 16.0 Å². The molecule has 29 heavy (non-hydrogen) atoms. The number of hydrogen-bond donors (Lipinski definition) is 0. The van der Waals surface area contributed by atoms with Crippen molar-refractivity contribution in [3.05, 3.63) is 52.5 Å². The molecule has 154 valence electrons. The molecule has 1 aromatic heterocycles. The van der Waals surface area contributed by atoms with Gasteiger partial charge in [0.1, 0.15) is 11.6 Å². The zero-order chi connectivity index (χ0) is 20.4. The molecule has 0 spiro atoms. The highest BCUT2D eigenvalue weighted by Crippen LogP contribution is 2.26. The summed E-state index contributed by atoms with van der Waals surface area (Å²) >= 11 is 0. The summed E-state index contributed by atoms with van der Waals surface area (Å²) in [5.41, 5.74) is 4.76. The molecule has 1 aromatic carbocycles. The molecule has 2 aliphatic heterocycles. The van der Waals surface area contributed by atoms with E-state index in [0.29, 0.717) is 13.2 Å². The zero-order valence-corrected chi connectivity index (χ0v) is 17.6. The van der Waals surface area contributed by atoms with Crippen molar-refractivity contribution < 1.29 is 9.53 Å². The van der Waals surface area contributed by atoms with Crippen LogP contribution in [0.5, 0.6) is 0 Å². The van der Waals surface area contributed by atoms with Crippen LogP contribution in [0.1, 0.15) is 34.6 Å². The molecule has 3 heterocycles. The molecular weight excluding hydrogens is 364 g/mol. The second kappa shape index (κ2) is 8.49. The van der Waals surface area contributed by atoms with Gasteiger partial charge >= 0.3 is 0 Å². The summed E-state index contributed by atoms with van der Waals surface area (Å²) in [4.78, 5) is 26.5. The van der Waals surface area contributed by atoms with Gasteiger partial charge in [0, 0.05) is 50.5 Å². The summed E-state index contributed by atoms with van der Waals surface area (Å²) in [6, 6.07) is 8.61. The highest BCUT2D eigenvalue weighted by molar-refractivity contribution is 5.79. The molecule has 0 bridgehead atoms. The van der Waals surface area contributed by atoms with E-state index in [2.05, 4.69) is 48.0 Å². The quantitative estimate of drug-likeness (QED) is 0.798. The molecule has 0 N–H and O–H groups in total. The summed E-state index contributed by atoms with van der Waals surface area (Å²) in [5.74, 6) is 2.11. The van der Waals surface area contributed by atoms with E-state index in [1.54, 1.807) is 0 Å². The third kappa shape index (κ3) is 4.42. The van der Waals surface area contributed by atoms with E-state index in [4.69, 9.17) is 9.72 Å². The number of benzene rings is 1. The summed E-state index contributed by atoms with van der Waals surface area (Å²) in [6.45, 7) is 10.5. The Hall–Kier alpha value is -2.47. The fourth-order valence-corrected chi connectivity index (χ4v) is 4.34. The van der Waals surface area contributed by atoms with Crippen molar-refractivity contribution in [2.24, 2.45) is 5.92 Å². The molecule has 6 heteroatoms. The summed E-state index contributed by atoms with van der Waals surface area (Å²) in [7, 11) is 0. The predicted molar refractivity (Wildman–Crippen MR) is 113 cm³/mol. The average molecular weight is 395 g/mol. The van der Waals surface area contributed by atoms with E-state index in [-0.39, 0.29) is 11.8 Å². The smallest absolute Gasteiger partial charge is 0.228 e. The van der Waals surface area contributed by atoms with Crippen molar-refractivity contribution in [2.45, 2.75) is 33.6 Å². The Morgan fingerprint density at radius 2 is 1.93 bits per heavy atom. The van der Waals surface area contributed by atoms with E-state index in [0.717, 1.165) is 56.4 Å². The maximum Gasteiger partial charge on any atom is 0.228 e. The third-order valence-corrected chi connectivity index (χ3v) is 5.94. The number of piperazine rings is 1. The van der Waals surface area contributed by atoms with E-state index < -0.39 is 0 Å². The maximum atomic E-state index is 12.7. The summed E-state index contributed by atoms with van der Waals surface area (Å²) in [6.07, 6.45) is 1.67. The van der Waals surface area contributed by atoms with Crippen molar-refractivity contribution >= 4 is 11.7 Å². The van der Waals surface area contributed by atoms with Crippen LogP contribution in [0.15, 0.2) is 24.3 Å². The number of aromatic nitrogens is 2. The lowest BCUT2D eigenvalue weighted by atomic mass is 10.0. The van der Waals surface area contributed by atoms with Gasteiger partial charge in [-0.15, -0.1) is 0 Å². The van der Waals surface area contributed by atoms with Crippen LogP contribution < -0.4 is 4.90 Å². The highest BCUT2D eigenvalue weighted by Gasteiger charge is 2.31. The minimum Gasteiger partial charge on any atom is -0.381 e. The molecule has 2 saturated heterocycles. The van der Waals surface area contributed by atoms with Gasteiger partial charge in [0.05, 0.1) is 12.5 Å².